The van der Waals surface area contributed by atoms with Crippen molar-refractivity contribution in [2.75, 3.05) is 18.0 Å². The minimum Gasteiger partial charge on any atom is -0.495 e. The summed E-state index contributed by atoms with van der Waals surface area (Å²) in [6.07, 6.45) is 5.06. The van der Waals surface area contributed by atoms with E-state index in [9.17, 15) is 18.0 Å². The lowest BCUT2D eigenvalue weighted by molar-refractivity contribution is -0.139. The van der Waals surface area contributed by atoms with Crippen LogP contribution in [-0.2, 0) is 26.2 Å². The highest BCUT2D eigenvalue weighted by molar-refractivity contribution is 9.10. The van der Waals surface area contributed by atoms with Gasteiger partial charge in [-0.25, -0.2) is 8.42 Å². The summed E-state index contributed by atoms with van der Waals surface area (Å²) in [6, 6.07) is 19.1. The fourth-order valence-corrected chi connectivity index (χ4v) is 7.17. The van der Waals surface area contributed by atoms with Crippen molar-refractivity contribution in [3.63, 3.8) is 0 Å². The van der Waals surface area contributed by atoms with Crippen molar-refractivity contribution < 1.29 is 22.7 Å². The van der Waals surface area contributed by atoms with E-state index in [1.165, 1.54) is 36.3 Å². The zero-order valence-corrected chi connectivity index (χ0v) is 26.8. The molecule has 3 aromatic rings. The molecule has 1 saturated carbocycles. The quantitative estimate of drug-likeness (QED) is 0.262. The first-order chi connectivity index (χ1) is 20.1. The molecule has 8 nitrogen and oxygen atoms in total. The number of methoxy groups -OCH3 is 1. The number of carbonyl (C=O) groups is 2. The van der Waals surface area contributed by atoms with Gasteiger partial charge in [-0.1, -0.05) is 77.1 Å². The molecule has 2 amide bonds. The van der Waals surface area contributed by atoms with E-state index in [0.717, 1.165) is 46.4 Å². The Morgan fingerprint density at radius 2 is 1.74 bits per heavy atom. The third kappa shape index (κ3) is 7.85. The predicted molar refractivity (Wildman–Crippen MR) is 168 cm³/mol. The van der Waals surface area contributed by atoms with E-state index >= 15 is 0 Å². The van der Waals surface area contributed by atoms with E-state index in [-0.39, 0.29) is 34.1 Å². The van der Waals surface area contributed by atoms with Crippen LogP contribution in [0.15, 0.2) is 82.2 Å². The van der Waals surface area contributed by atoms with Crippen molar-refractivity contribution in [3.8, 4) is 5.75 Å². The zero-order valence-electron chi connectivity index (χ0n) is 23.6. The second-order valence-electron chi connectivity index (χ2n) is 10.3. The molecule has 0 bridgehead atoms. The highest BCUT2D eigenvalue weighted by Crippen LogP contribution is 2.32. The Labute approximate surface area is 261 Å². The Bertz CT molecular complexity index is 1500. The molecular weight excluding hydrogens is 642 g/mol. The number of benzene rings is 3. The average molecular weight is 677 g/mol. The Hall–Kier alpha value is -3.08. The minimum absolute atomic E-state index is 0.0198. The van der Waals surface area contributed by atoms with E-state index in [4.69, 9.17) is 16.3 Å². The maximum absolute atomic E-state index is 14.1. The standard InChI is InChI=1S/C31H35BrClN3O5S/c1-22(31(38)34-25-12-5-3-6-13-25)35(20-23-10-9-11-24(32)18-23)30(37)21-36(26-16-17-29(41-2)28(33)19-26)42(39,40)27-14-7-4-8-15-27/h4,7-11,14-19,22,25H,3,5-6,12-13,20-21H2,1-2H3,(H,34,38)/t22-/m0/s1. The van der Waals surface area contributed by atoms with E-state index in [2.05, 4.69) is 21.2 Å². The highest BCUT2D eigenvalue weighted by Gasteiger charge is 2.33. The number of nitrogens with one attached hydrogen (secondary N) is 1. The lowest BCUT2D eigenvalue weighted by atomic mass is 9.95. The summed E-state index contributed by atoms with van der Waals surface area (Å²) in [5.74, 6) is -0.434. The summed E-state index contributed by atoms with van der Waals surface area (Å²) in [7, 11) is -2.73. The maximum Gasteiger partial charge on any atom is 0.264 e. The third-order valence-corrected chi connectivity index (χ3v) is 9.97. The van der Waals surface area contributed by atoms with E-state index in [0.29, 0.717) is 5.75 Å². The molecule has 224 valence electrons. The monoisotopic (exact) mass is 675 g/mol. The van der Waals surface area contributed by atoms with Crippen molar-refractivity contribution >= 4 is 55.1 Å². The number of rotatable bonds is 11. The minimum atomic E-state index is -4.19. The molecule has 11 heteroatoms. The van der Waals surface area contributed by atoms with Crippen LogP contribution in [0.25, 0.3) is 0 Å². The van der Waals surface area contributed by atoms with Gasteiger partial charge in [-0.3, -0.25) is 13.9 Å². The Morgan fingerprint density at radius 1 is 1.02 bits per heavy atom. The molecule has 1 fully saturated rings. The summed E-state index contributed by atoms with van der Waals surface area (Å²) in [5.41, 5.74) is 0.986. The first-order valence-electron chi connectivity index (χ1n) is 13.9. The number of carbonyl (C=O) groups excluding carboxylic acids is 2. The van der Waals surface area contributed by atoms with Crippen LogP contribution in [0, 0.1) is 0 Å². The summed E-state index contributed by atoms with van der Waals surface area (Å²) in [4.78, 5) is 29.0. The van der Waals surface area contributed by atoms with E-state index < -0.39 is 28.5 Å². The molecule has 0 spiro atoms. The number of hydrogen-bond donors (Lipinski definition) is 1. The molecular formula is C31H35BrClN3O5S. The third-order valence-electron chi connectivity index (χ3n) is 7.39. The molecule has 4 rings (SSSR count). The van der Waals surface area contributed by atoms with Crippen molar-refractivity contribution in [3.05, 3.63) is 87.9 Å². The molecule has 1 aliphatic carbocycles. The molecule has 0 heterocycles. The molecule has 1 aliphatic rings. The first kappa shape index (κ1) is 31.8. The largest absolute Gasteiger partial charge is 0.495 e. The van der Waals surface area contributed by atoms with E-state index in [1.54, 1.807) is 31.2 Å². The molecule has 42 heavy (non-hydrogen) atoms. The number of amides is 2. The number of ether oxygens (including phenoxy) is 1. The summed E-state index contributed by atoms with van der Waals surface area (Å²) in [6.45, 7) is 1.24. The lowest BCUT2D eigenvalue weighted by Gasteiger charge is -2.33. The van der Waals surface area contributed by atoms with Gasteiger partial charge in [-0.05, 0) is 67.8 Å². The van der Waals surface area contributed by atoms with Crippen molar-refractivity contribution in [1.82, 2.24) is 10.2 Å². The van der Waals surface area contributed by atoms with Crippen LogP contribution in [0.2, 0.25) is 5.02 Å². The first-order valence-corrected chi connectivity index (χ1v) is 16.5. The van der Waals surface area contributed by atoms with Gasteiger partial charge in [0.1, 0.15) is 18.3 Å². The summed E-state index contributed by atoms with van der Waals surface area (Å²) in [5, 5.41) is 3.30. The normalized spacial score (nSPS) is 14.6. The van der Waals surface area contributed by atoms with E-state index in [1.807, 2.05) is 24.3 Å². The second kappa shape index (κ2) is 14.4. The van der Waals surface area contributed by atoms with Gasteiger partial charge >= 0.3 is 0 Å². The fourth-order valence-electron chi connectivity index (χ4n) is 5.04. The van der Waals surface area contributed by atoms with Crippen molar-refractivity contribution in [2.24, 2.45) is 0 Å². The summed E-state index contributed by atoms with van der Waals surface area (Å²) < 4.78 is 34.9. The van der Waals surface area contributed by atoms with Crippen LogP contribution in [0.5, 0.6) is 5.75 Å². The highest BCUT2D eigenvalue weighted by atomic mass is 79.9. The molecule has 1 atom stereocenters. The Balaban J connectivity index is 1.69. The SMILES string of the molecule is COc1ccc(N(CC(=O)N(Cc2cccc(Br)c2)[C@@H](C)C(=O)NC2CCCCC2)S(=O)(=O)c2ccccc2)cc1Cl. The van der Waals surface area contributed by atoms with Crippen molar-refractivity contribution in [1.29, 1.82) is 0 Å². The average Bonchev–Trinajstić information content (AvgIpc) is 2.99. The van der Waals surface area contributed by atoms with Gasteiger partial charge in [0.2, 0.25) is 11.8 Å². The topological polar surface area (TPSA) is 96.0 Å². The number of halogens is 2. The Morgan fingerprint density at radius 3 is 2.38 bits per heavy atom. The molecule has 0 aliphatic heterocycles. The van der Waals surface area contributed by atoms with Crippen LogP contribution < -0.4 is 14.4 Å². The molecule has 0 radical (unpaired) electrons. The van der Waals surface area contributed by atoms with Crippen LogP contribution in [0.3, 0.4) is 0 Å². The number of hydrogen-bond acceptors (Lipinski definition) is 5. The van der Waals surface area contributed by atoms with Gasteiger partial charge in [-0.15, -0.1) is 0 Å². The van der Waals surface area contributed by atoms with Gasteiger partial charge in [-0.2, -0.15) is 0 Å². The molecule has 1 N–H and O–H groups in total. The van der Waals surface area contributed by atoms with Gasteiger partial charge < -0.3 is 15.0 Å². The smallest absolute Gasteiger partial charge is 0.264 e. The molecule has 3 aromatic carbocycles. The van der Waals surface area contributed by atoms with Crippen LogP contribution in [0.4, 0.5) is 5.69 Å². The van der Waals surface area contributed by atoms with Gasteiger partial charge in [0, 0.05) is 17.1 Å². The predicted octanol–water partition coefficient (Wildman–Crippen LogP) is 6.17. The fraction of sp³-hybridized carbons (Fsp3) is 0.355. The molecule has 0 unspecified atom stereocenters. The van der Waals surface area contributed by atoms with Gasteiger partial charge in [0.25, 0.3) is 10.0 Å². The second-order valence-corrected chi connectivity index (χ2v) is 13.5. The van der Waals surface area contributed by atoms with Gasteiger partial charge in [0.15, 0.2) is 0 Å². The zero-order chi connectivity index (χ0) is 30.3. The lowest BCUT2D eigenvalue weighted by Crippen LogP contribution is -2.53. The Kier molecular flexibility index (Phi) is 10.9. The number of nitrogens with zero attached hydrogens (tertiary/aromatic N) is 2. The molecule has 0 aromatic heterocycles. The van der Waals surface area contributed by atoms with Gasteiger partial charge in [0.05, 0.1) is 22.7 Å². The molecule has 0 saturated heterocycles. The number of anilines is 1. The summed E-state index contributed by atoms with van der Waals surface area (Å²) >= 11 is 9.85. The maximum atomic E-state index is 14.1. The van der Waals surface area contributed by atoms with Crippen LogP contribution >= 0.6 is 27.5 Å². The van der Waals surface area contributed by atoms with Crippen molar-refractivity contribution in [2.45, 2.75) is 62.6 Å². The number of sulfonamides is 1. The van der Waals surface area contributed by atoms with Crippen LogP contribution in [0.1, 0.15) is 44.6 Å². The van der Waals surface area contributed by atoms with Crippen LogP contribution in [-0.4, -0.2) is 50.9 Å².